The smallest absolute Gasteiger partial charge is 0.307 e. The van der Waals surface area contributed by atoms with Gasteiger partial charge in [0.1, 0.15) is 0 Å². The molecule has 2 aromatic carbocycles. The third-order valence-corrected chi connectivity index (χ3v) is 10.0. The number of carbonyl (C=O) groups is 4. The average molecular weight is 657 g/mol. The minimum Gasteiger partial charge on any atom is -0.493 e. The maximum Gasteiger partial charge on any atom is 0.307 e. The van der Waals surface area contributed by atoms with Gasteiger partial charge >= 0.3 is 11.9 Å². The zero-order valence-electron chi connectivity index (χ0n) is 25.4. The number of esters is 1. The Labute approximate surface area is 266 Å². The van der Waals surface area contributed by atoms with E-state index >= 15 is 0 Å². The highest BCUT2D eigenvalue weighted by molar-refractivity contribution is 7.21. The average Bonchev–Trinajstić information content (AvgIpc) is 3.76. The number of nitrogens with zero attached hydrogens (tertiary/aromatic N) is 2. The highest BCUT2D eigenvalue weighted by atomic mass is 32.1. The first-order chi connectivity index (χ1) is 21.6. The second-order valence-electron chi connectivity index (χ2n) is 10.1. The van der Waals surface area contributed by atoms with Crippen molar-refractivity contribution in [3.63, 3.8) is 0 Å². The molecule has 1 N–H and O–H groups in total. The molecular formula is C31H32N2O10S2. The van der Waals surface area contributed by atoms with Gasteiger partial charge in [-0.05, 0) is 12.1 Å². The second-order valence-corrected chi connectivity index (χ2v) is 12.3. The topological polar surface area (TPSA) is 141 Å². The number of carboxylic acid groups (broad SMARTS) is 1. The van der Waals surface area contributed by atoms with Crippen LogP contribution in [0.1, 0.15) is 43.3 Å². The van der Waals surface area contributed by atoms with E-state index in [1.54, 1.807) is 38.2 Å². The summed E-state index contributed by atoms with van der Waals surface area (Å²) in [6.07, 6.45) is 0.155. The van der Waals surface area contributed by atoms with Crippen molar-refractivity contribution in [3.05, 3.63) is 45.1 Å². The monoisotopic (exact) mass is 656 g/mol. The highest BCUT2D eigenvalue weighted by Crippen LogP contribution is 2.44. The van der Waals surface area contributed by atoms with Crippen LogP contribution in [0.2, 0.25) is 0 Å². The fourth-order valence-electron chi connectivity index (χ4n) is 5.34. The Morgan fingerprint density at radius 1 is 0.689 bits per heavy atom. The van der Waals surface area contributed by atoms with Crippen LogP contribution in [0.25, 0.3) is 20.2 Å². The fraction of sp³-hybridized carbons (Fsp3) is 0.355. The van der Waals surface area contributed by atoms with Crippen LogP contribution in [0.5, 0.6) is 23.0 Å². The first-order valence-corrected chi connectivity index (χ1v) is 15.5. The normalized spacial score (nSPS) is 13.4. The third-order valence-electron chi connectivity index (χ3n) is 7.66. The van der Waals surface area contributed by atoms with Crippen molar-refractivity contribution < 1.29 is 48.0 Å². The van der Waals surface area contributed by atoms with Gasteiger partial charge in [-0.2, -0.15) is 0 Å². The molecule has 0 aliphatic carbocycles. The number of amides is 2. The largest absolute Gasteiger partial charge is 0.493 e. The van der Waals surface area contributed by atoms with Gasteiger partial charge in [0.2, 0.25) is 0 Å². The van der Waals surface area contributed by atoms with E-state index in [4.69, 9.17) is 24.1 Å². The Morgan fingerprint density at radius 2 is 1.09 bits per heavy atom. The number of carbonyl (C=O) groups excluding carboxylic acids is 3. The van der Waals surface area contributed by atoms with E-state index < -0.39 is 5.97 Å². The van der Waals surface area contributed by atoms with E-state index in [0.717, 1.165) is 36.2 Å². The third kappa shape index (κ3) is 6.07. The Hall–Kier alpha value is -4.56. The van der Waals surface area contributed by atoms with Crippen LogP contribution in [0.4, 0.5) is 0 Å². The standard InChI is InChI=1S/C16H17NO5S.C15H15NO5S/c1-20-11-6-9-10-8-17(5-4-14(18)22-3)16(19)15(10)23-13(9)7-12(11)21-2;1-20-10-5-8-9-7-16(4-3-13(17)18)15(19)14(9)22-12(8)6-11(10)21-2/h6-7H,4-5,8H2,1-3H3;5-6H,3-4,7H2,1-2H3,(H,17,18). The number of ether oxygens (including phenoxy) is 5. The summed E-state index contributed by atoms with van der Waals surface area (Å²) in [5.41, 5.74) is 1.93. The molecule has 0 saturated carbocycles. The van der Waals surface area contributed by atoms with Gasteiger partial charge in [0.15, 0.2) is 23.0 Å². The molecule has 2 aromatic heterocycles. The molecule has 2 aliphatic rings. The molecular weight excluding hydrogens is 624 g/mol. The van der Waals surface area contributed by atoms with E-state index in [0.29, 0.717) is 47.5 Å². The first kappa shape index (κ1) is 31.9. The van der Waals surface area contributed by atoms with E-state index in [1.807, 2.05) is 24.3 Å². The SMILES string of the molecule is COC(=O)CCN1Cc2c(sc3cc(OC)c(OC)cc23)C1=O.COc1cc2sc3c(c2cc1OC)CN(CCC(=O)O)C3=O. The Bertz CT molecular complexity index is 1810. The number of hydrogen-bond donors (Lipinski definition) is 1. The molecule has 4 aromatic rings. The van der Waals surface area contributed by atoms with Crippen molar-refractivity contribution >= 4 is 66.6 Å². The number of thiophene rings is 2. The van der Waals surface area contributed by atoms with Crippen LogP contribution in [0.3, 0.4) is 0 Å². The molecule has 14 heteroatoms. The summed E-state index contributed by atoms with van der Waals surface area (Å²) in [4.78, 5) is 51.5. The molecule has 0 radical (unpaired) electrons. The maximum absolute atomic E-state index is 12.5. The first-order valence-electron chi connectivity index (χ1n) is 13.9. The van der Waals surface area contributed by atoms with E-state index in [-0.39, 0.29) is 37.2 Å². The lowest BCUT2D eigenvalue weighted by atomic mass is 10.1. The summed E-state index contributed by atoms with van der Waals surface area (Å²) in [7, 11) is 7.66. The van der Waals surface area contributed by atoms with Gasteiger partial charge in [0.05, 0.1) is 58.1 Å². The predicted octanol–water partition coefficient (Wildman–Crippen LogP) is 4.79. The van der Waals surface area contributed by atoms with Crippen LogP contribution in [-0.2, 0) is 27.4 Å². The molecule has 12 nitrogen and oxygen atoms in total. The van der Waals surface area contributed by atoms with Crippen LogP contribution >= 0.6 is 22.7 Å². The van der Waals surface area contributed by atoms with Gasteiger partial charge in [-0.1, -0.05) is 0 Å². The Morgan fingerprint density at radius 3 is 1.47 bits per heavy atom. The molecule has 4 heterocycles. The lowest BCUT2D eigenvalue weighted by molar-refractivity contribution is -0.141. The van der Waals surface area contributed by atoms with Crippen molar-refractivity contribution in [2.75, 3.05) is 48.6 Å². The molecule has 0 saturated heterocycles. The number of fused-ring (bicyclic) bond motifs is 6. The van der Waals surface area contributed by atoms with Crippen LogP contribution in [0.15, 0.2) is 24.3 Å². The van der Waals surface area contributed by atoms with Crippen molar-refractivity contribution in [1.82, 2.24) is 9.80 Å². The number of carboxylic acids is 1. The number of hydrogen-bond acceptors (Lipinski definition) is 11. The molecule has 238 valence electrons. The molecule has 0 fully saturated rings. The maximum atomic E-state index is 12.5. The highest BCUT2D eigenvalue weighted by Gasteiger charge is 2.33. The lowest BCUT2D eigenvalue weighted by Gasteiger charge is -2.15. The fourth-order valence-corrected chi connectivity index (χ4v) is 7.73. The summed E-state index contributed by atoms with van der Waals surface area (Å²) >= 11 is 2.85. The van der Waals surface area contributed by atoms with Crippen molar-refractivity contribution in [1.29, 1.82) is 0 Å². The van der Waals surface area contributed by atoms with Gasteiger partial charge in [-0.25, -0.2) is 0 Å². The number of methoxy groups -OCH3 is 5. The van der Waals surface area contributed by atoms with Crippen molar-refractivity contribution in [2.24, 2.45) is 0 Å². The van der Waals surface area contributed by atoms with E-state index in [1.165, 1.54) is 29.8 Å². The summed E-state index contributed by atoms with van der Waals surface area (Å²) in [5, 5.41) is 10.7. The number of aliphatic carboxylic acids is 1. The van der Waals surface area contributed by atoms with Crippen molar-refractivity contribution in [2.45, 2.75) is 25.9 Å². The molecule has 45 heavy (non-hydrogen) atoms. The number of benzene rings is 2. The van der Waals surface area contributed by atoms with Gasteiger partial charge in [0, 0.05) is 69.6 Å². The molecule has 0 bridgehead atoms. The summed E-state index contributed by atoms with van der Waals surface area (Å²) in [5.74, 6) is 1.18. The minimum atomic E-state index is -0.903. The molecule has 6 rings (SSSR count). The zero-order valence-corrected chi connectivity index (χ0v) is 27.0. The summed E-state index contributed by atoms with van der Waals surface area (Å²) < 4.78 is 27.8. The summed E-state index contributed by atoms with van der Waals surface area (Å²) in [6, 6.07) is 7.54. The molecule has 2 amide bonds. The lowest BCUT2D eigenvalue weighted by Crippen LogP contribution is -2.26. The minimum absolute atomic E-state index is 0.0389. The predicted molar refractivity (Wildman–Crippen MR) is 168 cm³/mol. The van der Waals surface area contributed by atoms with Gasteiger partial charge < -0.3 is 38.6 Å². The van der Waals surface area contributed by atoms with E-state index in [9.17, 15) is 19.2 Å². The Kier molecular flexibility index (Phi) is 9.34. The van der Waals surface area contributed by atoms with Crippen LogP contribution in [-0.4, -0.2) is 87.3 Å². The molecule has 0 unspecified atom stereocenters. The van der Waals surface area contributed by atoms with Gasteiger partial charge in [-0.15, -0.1) is 22.7 Å². The van der Waals surface area contributed by atoms with Crippen molar-refractivity contribution in [3.8, 4) is 23.0 Å². The number of rotatable bonds is 10. The zero-order chi connectivity index (χ0) is 32.4. The van der Waals surface area contributed by atoms with E-state index in [2.05, 4.69) is 4.74 Å². The van der Waals surface area contributed by atoms with Gasteiger partial charge in [-0.3, -0.25) is 19.2 Å². The van der Waals surface area contributed by atoms with Gasteiger partial charge in [0.25, 0.3) is 11.8 Å². The Balaban J connectivity index is 0.000000178. The molecule has 0 atom stereocenters. The molecule has 2 aliphatic heterocycles. The molecule has 0 spiro atoms. The quantitative estimate of drug-likeness (QED) is 0.237. The van der Waals surface area contributed by atoms with Crippen LogP contribution < -0.4 is 18.9 Å². The second kappa shape index (κ2) is 13.2. The van der Waals surface area contributed by atoms with Crippen LogP contribution in [0, 0.1) is 0 Å². The summed E-state index contributed by atoms with van der Waals surface area (Å²) in [6.45, 7) is 1.53.